The average molecular weight is 348 g/mol. The van der Waals surface area contributed by atoms with E-state index in [1.165, 1.54) is 23.6 Å². The van der Waals surface area contributed by atoms with Gasteiger partial charge in [0.25, 0.3) is 5.91 Å². The standard InChI is InChI=1S/C15H10ClN3O3S/c16-13-5-8(1-2-17-13)14(20)19-15-18-9-6-10-11(7-12(9)23-15)22-4-3-21-10/h1-2,5-7H,3-4H2,(H,18,19,20). The number of hydrogen-bond donors (Lipinski definition) is 1. The molecule has 0 unspecified atom stereocenters. The van der Waals surface area contributed by atoms with Crippen molar-refractivity contribution >= 4 is 44.2 Å². The molecule has 1 aliphatic rings. The Morgan fingerprint density at radius 2 is 2.00 bits per heavy atom. The molecule has 3 heterocycles. The lowest BCUT2D eigenvalue weighted by Gasteiger charge is -2.17. The zero-order valence-corrected chi connectivity index (χ0v) is 13.3. The Labute approximate surface area is 140 Å². The summed E-state index contributed by atoms with van der Waals surface area (Å²) in [5.41, 5.74) is 1.18. The second-order valence-corrected chi connectivity index (χ2v) is 6.22. The molecule has 0 bridgehead atoms. The molecule has 8 heteroatoms. The minimum Gasteiger partial charge on any atom is -0.486 e. The zero-order valence-electron chi connectivity index (χ0n) is 11.7. The first-order valence-corrected chi connectivity index (χ1v) is 8.01. The molecule has 0 aliphatic carbocycles. The molecule has 0 radical (unpaired) electrons. The molecule has 3 aromatic rings. The molecule has 1 amide bonds. The Morgan fingerprint density at radius 3 is 2.78 bits per heavy atom. The lowest BCUT2D eigenvalue weighted by atomic mass is 10.2. The number of anilines is 1. The second kappa shape index (κ2) is 5.68. The first-order chi connectivity index (χ1) is 11.2. The number of carbonyl (C=O) groups is 1. The topological polar surface area (TPSA) is 73.3 Å². The van der Waals surface area contributed by atoms with Gasteiger partial charge >= 0.3 is 0 Å². The minimum absolute atomic E-state index is 0.268. The maximum absolute atomic E-state index is 12.2. The van der Waals surface area contributed by atoms with E-state index in [-0.39, 0.29) is 11.1 Å². The van der Waals surface area contributed by atoms with Gasteiger partial charge in [0.1, 0.15) is 18.4 Å². The summed E-state index contributed by atoms with van der Waals surface area (Å²) in [5, 5.41) is 3.53. The number of halogens is 1. The predicted octanol–water partition coefficient (Wildman–Crippen LogP) is 3.37. The van der Waals surface area contributed by atoms with Crippen LogP contribution >= 0.6 is 22.9 Å². The molecule has 0 atom stereocenters. The molecule has 0 saturated heterocycles. The molecular formula is C15H10ClN3O3S. The lowest BCUT2D eigenvalue weighted by molar-refractivity contribution is 0.102. The molecule has 2 aromatic heterocycles. The van der Waals surface area contributed by atoms with E-state index in [1.807, 2.05) is 12.1 Å². The van der Waals surface area contributed by atoms with Gasteiger partial charge < -0.3 is 9.47 Å². The number of nitrogens with one attached hydrogen (secondary N) is 1. The molecule has 0 fully saturated rings. The van der Waals surface area contributed by atoms with Gasteiger partial charge in [0, 0.05) is 23.9 Å². The van der Waals surface area contributed by atoms with Crippen molar-refractivity contribution in [2.45, 2.75) is 0 Å². The number of ether oxygens (including phenoxy) is 2. The smallest absolute Gasteiger partial charge is 0.257 e. The Hall–Kier alpha value is -2.38. The fourth-order valence-corrected chi connectivity index (χ4v) is 3.28. The third-order valence-corrected chi connectivity index (χ3v) is 4.40. The molecule has 1 N–H and O–H groups in total. The fraction of sp³-hybridized carbons (Fsp3) is 0.133. The van der Waals surface area contributed by atoms with Gasteiger partial charge in [-0.2, -0.15) is 0 Å². The summed E-state index contributed by atoms with van der Waals surface area (Å²) < 4.78 is 12.0. The summed E-state index contributed by atoms with van der Waals surface area (Å²) in [5.74, 6) is 1.09. The van der Waals surface area contributed by atoms with Crippen molar-refractivity contribution in [2.24, 2.45) is 0 Å². The maximum atomic E-state index is 12.2. The van der Waals surface area contributed by atoms with Gasteiger partial charge in [-0.1, -0.05) is 22.9 Å². The monoisotopic (exact) mass is 347 g/mol. The second-order valence-electron chi connectivity index (χ2n) is 4.80. The molecule has 0 spiro atoms. The maximum Gasteiger partial charge on any atom is 0.257 e. The van der Waals surface area contributed by atoms with E-state index in [9.17, 15) is 4.79 Å². The van der Waals surface area contributed by atoms with Crippen LogP contribution in [0.25, 0.3) is 10.2 Å². The molecule has 4 rings (SSSR count). The normalized spacial score (nSPS) is 13.1. The first-order valence-electron chi connectivity index (χ1n) is 6.82. The van der Waals surface area contributed by atoms with Crippen LogP contribution < -0.4 is 14.8 Å². The van der Waals surface area contributed by atoms with Crippen LogP contribution in [0.15, 0.2) is 30.5 Å². The van der Waals surface area contributed by atoms with Gasteiger partial charge in [-0.3, -0.25) is 10.1 Å². The van der Waals surface area contributed by atoms with Crippen molar-refractivity contribution in [1.82, 2.24) is 9.97 Å². The van der Waals surface area contributed by atoms with E-state index in [2.05, 4.69) is 15.3 Å². The Balaban J connectivity index is 1.63. The van der Waals surface area contributed by atoms with Crippen molar-refractivity contribution in [3.05, 3.63) is 41.2 Å². The summed E-state index contributed by atoms with van der Waals surface area (Å²) in [6.07, 6.45) is 1.48. The van der Waals surface area contributed by atoms with Crippen LogP contribution in [0.3, 0.4) is 0 Å². The van der Waals surface area contributed by atoms with E-state index < -0.39 is 0 Å². The highest BCUT2D eigenvalue weighted by atomic mass is 35.5. The van der Waals surface area contributed by atoms with Gasteiger partial charge in [0.05, 0.1) is 10.2 Å². The molecule has 116 valence electrons. The van der Waals surface area contributed by atoms with Gasteiger partial charge in [-0.05, 0) is 12.1 Å². The Bertz CT molecular complexity index is 869. The number of amides is 1. The van der Waals surface area contributed by atoms with Gasteiger partial charge in [-0.25, -0.2) is 9.97 Å². The number of hydrogen-bond acceptors (Lipinski definition) is 6. The van der Waals surface area contributed by atoms with Crippen molar-refractivity contribution in [1.29, 1.82) is 0 Å². The SMILES string of the molecule is O=C(Nc1nc2cc3c(cc2s1)OCCO3)c1ccnc(Cl)c1. The van der Waals surface area contributed by atoms with Crippen LogP contribution in [0.2, 0.25) is 5.15 Å². The molecule has 6 nitrogen and oxygen atoms in total. The fourth-order valence-electron chi connectivity index (χ4n) is 2.23. The van der Waals surface area contributed by atoms with E-state index >= 15 is 0 Å². The Morgan fingerprint density at radius 1 is 1.22 bits per heavy atom. The van der Waals surface area contributed by atoms with Gasteiger partial charge in [0.2, 0.25) is 0 Å². The number of fused-ring (bicyclic) bond motifs is 2. The van der Waals surface area contributed by atoms with Crippen molar-refractivity contribution < 1.29 is 14.3 Å². The summed E-state index contributed by atoms with van der Waals surface area (Å²) >= 11 is 7.17. The van der Waals surface area contributed by atoms with Gasteiger partial charge in [0.15, 0.2) is 16.6 Å². The number of pyridine rings is 1. The zero-order chi connectivity index (χ0) is 15.8. The summed E-state index contributed by atoms with van der Waals surface area (Å²) in [7, 11) is 0. The van der Waals surface area contributed by atoms with Crippen LogP contribution in [0.5, 0.6) is 11.5 Å². The van der Waals surface area contributed by atoms with E-state index in [1.54, 1.807) is 6.07 Å². The highest BCUT2D eigenvalue weighted by molar-refractivity contribution is 7.22. The van der Waals surface area contributed by atoms with Crippen LogP contribution in [-0.2, 0) is 0 Å². The van der Waals surface area contributed by atoms with Crippen LogP contribution in [0.1, 0.15) is 10.4 Å². The van der Waals surface area contributed by atoms with Crippen molar-refractivity contribution in [3.8, 4) is 11.5 Å². The van der Waals surface area contributed by atoms with Crippen molar-refractivity contribution in [3.63, 3.8) is 0 Å². The molecule has 23 heavy (non-hydrogen) atoms. The highest BCUT2D eigenvalue weighted by Gasteiger charge is 2.16. The van der Waals surface area contributed by atoms with Crippen molar-refractivity contribution in [2.75, 3.05) is 18.5 Å². The summed E-state index contributed by atoms with van der Waals surface area (Å²) in [6, 6.07) is 6.79. The number of nitrogens with zero attached hydrogens (tertiary/aromatic N) is 2. The molecule has 0 saturated carbocycles. The Kier molecular flexibility index (Phi) is 3.51. The highest BCUT2D eigenvalue weighted by Crippen LogP contribution is 2.37. The van der Waals surface area contributed by atoms with Crippen LogP contribution in [-0.4, -0.2) is 29.1 Å². The first kappa shape index (κ1) is 14.2. The number of carbonyl (C=O) groups excluding carboxylic acids is 1. The van der Waals surface area contributed by atoms with Crippen LogP contribution in [0.4, 0.5) is 5.13 Å². The van der Waals surface area contributed by atoms with E-state index in [0.717, 1.165) is 10.2 Å². The quantitative estimate of drug-likeness (QED) is 0.719. The number of thiazole rings is 1. The largest absolute Gasteiger partial charge is 0.486 e. The van der Waals surface area contributed by atoms with Gasteiger partial charge in [-0.15, -0.1) is 0 Å². The number of aromatic nitrogens is 2. The third kappa shape index (κ3) is 2.80. The minimum atomic E-state index is -0.286. The summed E-state index contributed by atoms with van der Waals surface area (Å²) in [4.78, 5) is 20.5. The van der Waals surface area contributed by atoms with E-state index in [4.69, 9.17) is 21.1 Å². The number of rotatable bonds is 2. The molecule has 1 aliphatic heterocycles. The lowest BCUT2D eigenvalue weighted by Crippen LogP contribution is -2.15. The summed E-state index contributed by atoms with van der Waals surface area (Å²) in [6.45, 7) is 1.05. The predicted molar refractivity (Wildman–Crippen MR) is 87.8 cm³/mol. The average Bonchev–Trinajstić information content (AvgIpc) is 2.93. The third-order valence-electron chi connectivity index (χ3n) is 3.26. The molecular weight excluding hydrogens is 338 g/mol. The number of benzene rings is 1. The molecule has 1 aromatic carbocycles. The van der Waals surface area contributed by atoms with E-state index in [0.29, 0.717) is 35.4 Å². The van der Waals surface area contributed by atoms with Crippen LogP contribution in [0, 0.1) is 0 Å².